The minimum Gasteiger partial charge on any atom is -0.378 e. The largest absolute Gasteiger partial charge is 0.378 e. The highest BCUT2D eigenvalue weighted by Crippen LogP contribution is 2.27. The summed E-state index contributed by atoms with van der Waals surface area (Å²) in [6.45, 7) is 7.88. The van der Waals surface area contributed by atoms with Crippen LogP contribution in [0.1, 0.15) is 41.5 Å². The Kier molecular flexibility index (Phi) is 5.98. The van der Waals surface area contributed by atoms with Crippen molar-refractivity contribution in [1.82, 2.24) is 15.1 Å². The maximum Gasteiger partial charge on any atom is 0.275 e. The van der Waals surface area contributed by atoms with Crippen LogP contribution in [-0.2, 0) is 11.3 Å². The van der Waals surface area contributed by atoms with E-state index < -0.39 is 0 Å². The van der Waals surface area contributed by atoms with Crippen LogP contribution in [0.5, 0.6) is 0 Å². The molecular weight excluding hydrogens is 396 g/mol. The zero-order valence-corrected chi connectivity index (χ0v) is 17.0. The first-order valence-electron chi connectivity index (χ1n) is 8.89. The number of carbonyl (C=O) groups is 1. The number of morpholine rings is 1. The van der Waals surface area contributed by atoms with Gasteiger partial charge < -0.3 is 14.5 Å². The van der Waals surface area contributed by atoms with Crippen LogP contribution in [0.25, 0.3) is 0 Å². The van der Waals surface area contributed by atoms with Crippen LogP contribution in [0, 0.1) is 0 Å². The quantitative estimate of drug-likeness (QED) is 0.804. The number of hydrogen-bond acceptors (Lipinski definition) is 4. The van der Waals surface area contributed by atoms with E-state index in [1.165, 1.54) is 5.69 Å². The Morgan fingerprint density at radius 2 is 2.04 bits per heavy atom. The van der Waals surface area contributed by atoms with E-state index in [-0.39, 0.29) is 11.8 Å². The lowest BCUT2D eigenvalue weighted by Gasteiger charge is -2.31. The number of benzene rings is 1. The number of ether oxygens (including phenoxy) is 1. The summed E-state index contributed by atoms with van der Waals surface area (Å²) in [7, 11) is 1.81. The van der Waals surface area contributed by atoms with E-state index in [1.54, 1.807) is 4.90 Å². The van der Waals surface area contributed by atoms with Gasteiger partial charge in [-0.05, 0) is 33.5 Å². The predicted octanol–water partition coefficient (Wildman–Crippen LogP) is 3.40. The van der Waals surface area contributed by atoms with Crippen LogP contribution in [0.4, 0.5) is 5.69 Å². The van der Waals surface area contributed by atoms with Gasteiger partial charge in [0, 0.05) is 32.4 Å². The van der Waals surface area contributed by atoms with Crippen molar-refractivity contribution in [3.63, 3.8) is 0 Å². The molecule has 2 aromatic rings. The van der Waals surface area contributed by atoms with Crippen molar-refractivity contribution in [2.24, 2.45) is 0 Å². The highest BCUT2D eigenvalue weighted by atomic mass is 79.9. The molecule has 0 radical (unpaired) electrons. The summed E-state index contributed by atoms with van der Waals surface area (Å²) in [6.07, 6.45) is 0. The molecule has 7 heteroatoms. The van der Waals surface area contributed by atoms with Crippen LogP contribution in [0.3, 0.4) is 0 Å². The van der Waals surface area contributed by atoms with E-state index in [2.05, 4.69) is 57.0 Å². The third-order valence-electron chi connectivity index (χ3n) is 4.61. The number of aromatic nitrogens is 2. The summed E-state index contributed by atoms with van der Waals surface area (Å²) in [5.74, 6) is 0.169. The van der Waals surface area contributed by atoms with Gasteiger partial charge in [-0.2, -0.15) is 5.10 Å². The van der Waals surface area contributed by atoms with E-state index in [9.17, 15) is 4.79 Å². The molecule has 1 N–H and O–H groups in total. The molecule has 6 nitrogen and oxygen atoms in total. The van der Waals surface area contributed by atoms with Gasteiger partial charge in [0.2, 0.25) is 0 Å². The molecule has 26 heavy (non-hydrogen) atoms. The molecule has 1 aliphatic rings. The number of aromatic amines is 1. The fraction of sp³-hybridized carbons (Fsp3) is 0.474. The molecule has 140 valence electrons. The number of anilines is 1. The predicted molar refractivity (Wildman–Crippen MR) is 106 cm³/mol. The molecular formula is C19H25BrN4O2. The number of H-pyrrole nitrogens is 1. The fourth-order valence-electron chi connectivity index (χ4n) is 3.13. The first kappa shape index (κ1) is 18.9. The van der Waals surface area contributed by atoms with Gasteiger partial charge in [-0.1, -0.05) is 32.0 Å². The summed E-state index contributed by atoms with van der Waals surface area (Å²) in [6, 6.07) is 8.24. The molecule has 3 rings (SSSR count). The molecule has 0 saturated carbocycles. The van der Waals surface area contributed by atoms with E-state index >= 15 is 0 Å². The molecule has 0 aliphatic carbocycles. The lowest BCUT2D eigenvalue weighted by Crippen LogP contribution is -2.37. The van der Waals surface area contributed by atoms with Crippen molar-refractivity contribution < 1.29 is 9.53 Å². The van der Waals surface area contributed by atoms with Gasteiger partial charge in [-0.25, -0.2) is 0 Å². The SMILES string of the molecule is CC(C)c1[nH]nc(C(=O)N(C)Cc2ccccc2N2CCOCC2)c1Br. The third kappa shape index (κ3) is 3.94. The molecule has 1 aromatic heterocycles. The minimum absolute atomic E-state index is 0.100. The fourth-order valence-corrected chi connectivity index (χ4v) is 3.94. The second-order valence-corrected chi connectivity index (χ2v) is 7.64. The van der Waals surface area contributed by atoms with Crippen molar-refractivity contribution in [2.45, 2.75) is 26.3 Å². The first-order chi connectivity index (χ1) is 12.5. The Balaban J connectivity index is 1.78. The van der Waals surface area contributed by atoms with Gasteiger partial charge >= 0.3 is 0 Å². The van der Waals surface area contributed by atoms with Gasteiger partial charge in [0.05, 0.1) is 23.4 Å². The van der Waals surface area contributed by atoms with Gasteiger partial charge in [-0.15, -0.1) is 0 Å². The van der Waals surface area contributed by atoms with E-state index in [1.807, 2.05) is 19.2 Å². The van der Waals surface area contributed by atoms with E-state index in [0.29, 0.717) is 12.2 Å². The van der Waals surface area contributed by atoms with Crippen molar-refractivity contribution in [3.8, 4) is 0 Å². The van der Waals surface area contributed by atoms with Crippen LogP contribution >= 0.6 is 15.9 Å². The average Bonchev–Trinajstić information content (AvgIpc) is 3.04. The van der Waals surface area contributed by atoms with Gasteiger partial charge in [-0.3, -0.25) is 9.89 Å². The normalized spacial score (nSPS) is 14.7. The molecule has 1 fully saturated rings. The Morgan fingerprint density at radius 3 is 2.69 bits per heavy atom. The molecule has 1 saturated heterocycles. The number of carbonyl (C=O) groups excluding carboxylic acids is 1. The minimum atomic E-state index is -0.100. The number of nitrogens with zero attached hydrogens (tertiary/aromatic N) is 3. The standard InChI is InChI=1S/C19H25BrN4O2/c1-13(2)17-16(20)18(22-21-17)19(25)23(3)12-14-6-4-5-7-15(14)24-8-10-26-11-9-24/h4-7,13H,8-12H2,1-3H3,(H,21,22). The van der Waals surface area contributed by atoms with E-state index in [4.69, 9.17) is 4.74 Å². The summed E-state index contributed by atoms with van der Waals surface area (Å²) in [4.78, 5) is 16.9. The highest BCUT2D eigenvalue weighted by molar-refractivity contribution is 9.10. The number of amides is 1. The lowest BCUT2D eigenvalue weighted by atomic mass is 10.1. The summed E-state index contributed by atoms with van der Waals surface area (Å²) in [5, 5.41) is 7.19. The Bertz CT molecular complexity index is 769. The first-order valence-corrected chi connectivity index (χ1v) is 9.68. The summed E-state index contributed by atoms with van der Waals surface area (Å²) < 4.78 is 6.21. The zero-order valence-electron chi connectivity index (χ0n) is 15.5. The van der Waals surface area contributed by atoms with Crippen LogP contribution in [0.2, 0.25) is 0 Å². The molecule has 0 bridgehead atoms. The topological polar surface area (TPSA) is 61.5 Å². The molecule has 1 aromatic carbocycles. The van der Waals surface area contributed by atoms with Crippen LogP contribution in [-0.4, -0.2) is 54.4 Å². The summed E-state index contributed by atoms with van der Waals surface area (Å²) >= 11 is 3.52. The van der Waals surface area contributed by atoms with Gasteiger partial charge in [0.25, 0.3) is 5.91 Å². The molecule has 0 atom stereocenters. The monoisotopic (exact) mass is 420 g/mol. The molecule has 1 aliphatic heterocycles. The third-order valence-corrected chi connectivity index (χ3v) is 5.41. The molecule has 0 spiro atoms. The van der Waals surface area contributed by atoms with Crippen molar-refractivity contribution >= 4 is 27.5 Å². The van der Waals surface area contributed by atoms with Crippen LogP contribution < -0.4 is 4.90 Å². The maximum absolute atomic E-state index is 12.9. The van der Waals surface area contributed by atoms with Crippen molar-refractivity contribution in [3.05, 3.63) is 45.7 Å². The van der Waals surface area contributed by atoms with Crippen molar-refractivity contribution in [1.29, 1.82) is 0 Å². The Labute approximate surface area is 162 Å². The maximum atomic E-state index is 12.9. The van der Waals surface area contributed by atoms with Gasteiger partial charge in [0.15, 0.2) is 5.69 Å². The van der Waals surface area contributed by atoms with Gasteiger partial charge in [0.1, 0.15) is 0 Å². The van der Waals surface area contributed by atoms with E-state index in [0.717, 1.165) is 42.0 Å². The molecule has 2 heterocycles. The van der Waals surface area contributed by atoms with Crippen molar-refractivity contribution in [2.75, 3.05) is 38.3 Å². The smallest absolute Gasteiger partial charge is 0.275 e. The van der Waals surface area contributed by atoms with Crippen LogP contribution in [0.15, 0.2) is 28.7 Å². The number of rotatable bonds is 5. The number of nitrogens with one attached hydrogen (secondary N) is 1. The Hall–Kier alpha value is -1.86. The zero-order chi connectivity index (χ0) is 18.7. The summed E-state index contributed by atoms with van der Waals surface area (Å²) in [5.41, 5.74) is 3.66. The second kappa shape index (κ2) is 8.22. The second-order valence-electron chi connectivity index (χ2n) is 6.84. The number of para-hydroxylation sites is 1. The number of hydrogen-bond donors (Lipinski definition) is 1. The number of halogens is 1. The molecule has 1 amide bonds. The molecule has 0 unspecified atom stereocenters. The highest BCUT2D eigenvalue weighted by Gasteiger charge is 2.23. The Morgan fingerprint density at radius 1 is 1.35 bits per heavy atom. The average molecular weight is 421 g/mol. The lowest BCUT2D eigenvalue weighted by molar-refractivity contribution is 0.0778.